The van der Waals surface area contributed by atoms with Crippen LogP contribution in [-0.2, 0) is 18.2 Å². The van der Waals surface area contributed by atoms with E-state index in [0.29, 0.717) is 5.95 Å². The molecule has 0 radical (unpaired) electrons. The Bertz CT molecular complexity index is 1190. The van der Waals surface area contributed by atoms with Crippen molar-refractivity contribution in [2.24, 2.45) is 7.05 Å². The van der Waals surface area contributed by atoms with Gasteiger partial charge in [0, 0.05) is 37.5 Å². The van der Waals surface area contributed by atoms with Gasteiger partial charge in [-0.1, -0.05) is 0 Å². The normalized spacial score (nSPS) is 15.1. The molecule has 0 atom stereocenters. The Labute approximate surface area is 174 Å². The van der Waals surface area contributed by atoms with E-state index < -0.39 is 0 Å². The van der Waals surface area contributed by atoms with E-state index in [2.05, 4.69) is 44.4 Å². The minimum atomic E-state index is -0.0746. The standard InChI is InChI=1S/C21H24N8O/c1-14(2)30-21(7-8-21)13-19-27-26-18-12-15(6-11-29(18)19)16-4-9-22-20(24-16)25-17-5-10-23-28(17)3/h4-6,9-12,14H,7-8,13H2,1-3H3,(H,22,24,25). The van der Waals surface area contributed by atoms with E-state index in [9.17, 15) is 0 Å². The average molecular weight is 404 g/mol. The average Bonchev–Trinajstić information content (AvgIpc) is 3.16. The molecule has 1 aliphatic rings. The van der Waals surface area contributed by atoms with E-state index in [0.717, 1.165) is 47.8 Å². The topological polar surface area (TPSA) is 95.0 Å². The van der Waals surface area contributed by atoms with Crippen LogP contribution in [-0.4, -0.2) is 46.1 Å². The second-order valence-corrected chi connectivity index (χ2v) is 8.02. The number of aryl methyl sites for hydroxylation is 1. The van der Waals surface area contributed by atoms with Crippen LogP contribution >= 0.6 is 0 Å². The third-order valence-corrected chi connectivity index (χ3v) is 5.27. The molecule has 1 aliphatic carbocycles. The summed E-state index contributed by atoms with van der Waals surface area (Å²) in [4.78, 5) is 8.94. The number of hydrogen-bond acceptors (Lipinski definition) is 7. The lowest BCUT2D eigenvalue weighted by molar-refractivity contribution is -0.0118. The summed E-state index contributed by atoms with van der Waals surface area (Å²) >= 11 is 0. The van der Waals surface area contributed by atoms with Gasteiger partial charge in [-0.2, -0.15) is 5.10 Å². The first kappa shape index (κ1) is 18.7. The Hall–Kier alpha value is -3.33. The summed E-state index contributed by atoms with van der Waals surface area (Å²) in [5.74, 6) is 2.26. The molecule has 1 saturated carbocycles. The fourth-order valence-corrected chi connectivity index (χ4v) is 3.67. The maximum atomic E-state index is 6.12. The molecule has 9 nitrogen and oxygen atoms in total. The van der Waals surface area contributed by atoms with Gasteiger partial charge in [0.15, 0.2) is 5.65 Å². The number of hydrogen-bond donors (Lipinski definition) is 1. The van der Waals surface area contributed by atoms with Crippen molar-refractivity contribution in [2.45, 2.75) is 44.8 Å². The quantitative estimate of drug-likeness (QED) is 0.505. The van der Waals surface area contributed by atoms with Gasteiger partial charge in [0.05, 0.1) is 23.6 Å². The molecule has 4 heterocycles. The number of nitrogens with one attached hydrogen (secondary N) is 1. The number of pyridine rings is 1. The number of rotatable bonds is 7. The van der Waals surface area contributed by atoms with Crippen LogP contribution in [0.3, 0.4) is 0 Å². The Morgan fingerprint density at radius 2 is 2.03 bits per heavy atom. The van der Waals surface area contributed by atoms with Crippen LogP contribution in [0.2, 0.25) is 0 Å². The first-order valence-corrected chi connectivity index (χ1v) is 10.1. The molecular weight excluding hydrogens is 380 g/mol. The van der Waals surface area contributed by atoms with Gasteiger partial charge in [0.1, 0.15) is 11.6 Å². The third-order valence-electron chi connectivity index (χ3n) is 5.27. The first-order chi connectivity index (χ1) is 14.5. The molecule has 154 valence electrons. The predicted molar refractivity (Wildman–Crippen MR) is 112 cm³/mol. The lowest BCUT2D eigenvalue weighted by atomic mass is 10.2. The summed E-state index contributed by atoms with van der Waals surface area (Å²) in [6.45, 7) is 4.15. The minimum absolute atomic E-state index is 0.0746. The molecule has 0 saturated heterocycles. The van der Waals surface area contributed by atoms with Crippen molar-refractivity contribution in [2.75, 3.05) is 5.32 Å². The van der Waals surface area contributed by atoms with Crippen molar-refractivity contribution in [1.29, 1.82) is 0 Å². The highest BCUT2D eigenvalue weighted by molar-refractivity contribution is 5.65. The van der Waals surface area contributed by atoms with Crippen molar-refractivity contribution in [1.82, 2.24) is 34.3 Å². The molecular formula is C21H24N8O. The van der Waals surface area contributed by atoms with Gasteiger partial charge in [-0.25, -0.2) is 9.97 Å². The molecule has 9 heteroatoms. The molecule has 0 amide bonds. The molecule has 4 aromatic rings. The lowest BCUT2D eigenvalue weighted by Crippen LogP contribution is -2.23. The van der Waals surface area contributed by atoms with E-state index in [1.54, 1.807) is 17.1 Å². The monoisotopic (exact) mass is 404 g/mol. The van der Waals surface area contributed by atoms with Gasteiger partial charge in [0.25, 0.3) is 0 Å². The SMILES string of the molecule is CC(C)OC1(Cc2nnc3cc(-c4ccnc(Nc5ccnn5C)n4)ccn23)CC1. The second kappa shape index (κ2) is 7.17. The number of aromatic nitrogens is 7. The number of fused-ring (bicyclic) bond motifs is 1. The van der Waals surface area contributed by atoms with Crippen molar-refractivity contribution >= 4 is 17.4 Å². The highest BCUT2D eigenvalue weighted by Gasteiger charge is 2.45. The minimum Gasteiger partial charge on any atom is -0.372 e. The summed E-state index contributed by atoms with van der Waals surface area (Å²) in [7, 11) is 1.86. The largest absolute Gasteiger partial charge is 0.372 e. The Balaban J connectivity index is 1.40. The van der Waals surface area contributed by atoms with Crippen LogP contribution < -0.4 is 5.32 Å². The van der Waals surface area contributed by atoms with Gasteiger partial charge in [-0.05, 0) is 44.9 Å². The van der Waals surface area contributed by atoms with E-state index in [1.165, 1.54) is 0 Å². The van der Waals surface area contributed by atoms with Gasteiger partial charge in [0.2, 0.25) is 5.95 Å². The Kier molecular flexibility index (Phi) is 4.47. The molecule has 5 rings (SSSR count). The summed E-state index contributed by atoms with van der Waals surface area (Å²) in [5.41, 5.74) is 2.48. The fourth-order valence-electron chi connectivity index (χ4n) is 3.67. The van der Waals surface area contributed by atoms with Crippen LogP contribution in [0.15, 0.2) is 42.9 Å². The van der Waals surface area contributed by atoms with E-state index in [-0.39, 0.29) is 11.7 Å². The van der Waals surface area contributed by atoms with Crippen LogP contribution in [0, 0.1) is 0 Å². The maximum Gasteiger partial charge on any atom is 0.228 e. The summed E-state index contributed by atoms with van der Waals surface area (Å²) in [6, 6.07) is 7.77. The maximum absolute atomic E-state index is 6.12. The van der Waals surface area contributed by atoms with Crippen molar-refractivity contribution < 1.29 is 4.74 Å². The van der Waals surface area contributed by atoms with Crippen LogP contribution in [0.1, 0.15) is 32.5 Å². The molecule has 0 aromatic carbocycles. The van der Waals surface area contributed by atoms with Crippen LogP contribution in [0.25, 0.3) is 16.9 Å². The van der Waals surface area contributed by atoms with Crippen LogP contribution in [0.4, 0.5) is 11.8 Å². The molecule has 30 heavy (non-hydrogen) atoms. The smallest absolute Gasteiger partial charge is 0.228 e. The van der Waals surface area contributed by atoms with Crippen molar-refractivity contribution in [3.05, 3.63) is 48.7 Å². The lowest BCUT2D eigenvalue weighted by Gasteiger charge is -2.18. The Morgan fingerprint density at radius 1 is 1.17 bits per heavy atom. The molecule has 1 N–H and O–H groups in total. The zero-order valence-electron chi connectivity index (χ0n) is 17.3. The third kappa shape index (κ3) is 3.63. The highest BCUT2D eigenvalue weighted by atomic mass is 16.5. The van der Waals surface area contributed by atoms with Crippen LogP contribution in [0.5, 0.6) is 0 Å². The predicted octanol–water partition coefficient (Wildman–Crippen LogP) is 3.16. The fraction of sp³-hybridized carbons (Fsp3) is 0.381. The Morgan fingerprint density at radius 3 is 2.77 bits per heavy atom. The zero-order valence-corrected chi connectivity index (χ0v) is 17.3. The second-order valence-electron chi connectivity index (χ2n) is 8.02. The van der Waals surface area contributed by atoms with E-state index in [4.69, 9.17) is 4.74 Å². The molecule has 0 bridgehead atoms. The van der Waals surface area contributed by atoms with E-state index in [1.807, 2.05) is 41.9 Å². The number of anilines is 2. The molecule has 4 aromatic heterocycles. The van der Waals surface area contributed by atoms with Crippen molar-refractivity contribution in [3.8, 4) is 11.3 Å². The highest BCUT2D eigenvalue weighted by Crippen LogP contribution is 2.43. The number of ether oxygens (including phenoxy) is 1. The van der Waals surface area contributed by atoms with E-state index >= 15 is 0 Å². The molecule has 0 unspecified atom stereocenters. The molecule has 0 aliphatic heterocycles. The van der Waals surface area contributed by atoms with Gasteiger partial charge in [-0.15, -0.1) is 10.2 Å². The number of nitrogens with zero attached hydrogens (tertiary/aromatic N) is 7. The van der Waals surface area contributed by atoms with Crippen molar-refractivity contribution in [3.63, 3.8) is 0 Å². The summed E-state index contributed by atoms with van der Waals surface area (Å²) < 4.78 is 9.88. The summed E-state index contributed by atoms with van der Waals surface area (Å²) in [5, 5.41) is 16.1. The molecule has 0 spiro atoms. The van der Waals surface area contributed by atoms with Gasteiger partial charge in [-0.3, -0.25) is 9.08 Å². The van der Waals surface area contributed by atoms with Gasteiger partial charge < -0.3 is 10.1 Å². The summed E-state index contributed by atoms with van der Waals surface area (Å²) in [6.07, 6.45) is 8.60. The zero-order chi connectivity index (χ0) is 20.7. The molecule has 1 fully saturated rings. The van der Waals surface area contributed by atoms with Gasteiger partial charge >= 0.3 is 0 Å². The first-order valence-electron chi connectivity index (χ1n) is 10.1.